The maximum atomic E-state index is 12.2. The number of hydrogen-bond donors (Lipinski definition) is 1. The van der Waals surface area contributed by atoms with Gasteiger partial charge in [0.15, 0.2) is 5.76 Å². The SMILES string of the molecule is CCOc1cc(C2=NCCN2C)ccc1-c1cc(CNC(=O)c2ccc(Cl)s2)on1. The first-order valence-corrected chi connectivity index (χ1v) is 10.8. The predicted octanol–water partition coefficient (Wildman–Crippen LogP) is 4.08. The van der Waals surface area contributed by atoms with Crippen LogP contribution < -0.4 is 10.1 Å². The molecule has 0 atom stereocenters. The number of nitrogens with zero attached hydrogens (tertiary/aromatic N) is 3. The molecule has 0 unspecified atom stereocenters. The Kier molecular flexibility index (Phi) is 6.06. The largest absolute Gasteiger partial charge is 0.493 e. The highest BCUT2D eigenvalue weighted by molar-refractivity contribution is 7.17. The molecule has 1 aliphatic rings. The second-order valence-electron chi connectivity index (χ2n) is 6.74. The van der Waals surface area contributed by atoms with Crippen molar-refractivity contribution in [3.8, 4) is 17.0 Å². The van der Waals surface area contributed by atoms with Crippen LogP contribution >= 0.6 is 22.9 Å². The number of benzene rings is 1. The van der Waals surface area contributed by atoms with Crippen molar-refractivity contribution in [2.45, 2.75) is 13.5 Å². The smallest absolute Gasteiger partial charge is 0.261 e. The van der Waals surface area contributed by atoms with Gasteiger partial charge in [-0.3, -0.25) is 9.79 Å². The summed E-state index contributed by atoms with van der Waals surface area (Å²) in [6.07, 6.45) is 0. The first kappa shape index (κ1) is 20.4. The lowest BCUT2D eigenvalue weighted by Crippen LogP contribution is -2.23. The summed E-state index contributed by atoms with van der Waals surface area (Å²) in [5, 5.41) is 6.97. The topological polar surface area (TPSA) is 80.0 Å². The van der Waals surface area contributed by atoms with Crippen LogP contribution in [0.1, 0.15) is 27.9 Å². The number of carbonyl (C=O) groups excluding carboxylic acids is 1. The van der Waals surface area contributed by atoms with Crippen LogP contribution in [0.2, 0.25) is 4.34 Å². The van der Waals surface area contributed by atoms with Crippen LogP contribution in [-0.2, 0) is 6.54 Å². The lowest BCUT2D eigenvalue weighted by Gasteiger charge is -2.16. The van der Waals surface area contributed by atoms with Gasteiger partial charge in [0.25, 0.3) is 5.91 Å². The summed E-state index contributed by atoms with van der Waals surface area (Å²) in [5.41, 5.74) is 2.48. The van der Waals surface area contributed by atoms with E-state index in [9.17, 15) is 4.79 Å². The minimum absolute atomic E-state index is 0.203. The molecule has 0 aliphatic carbocycles. The molecular formula is C21H21ClN4O3S. The number of amides is 1. The van der Waals surface area contributed by atoms with E-state index in [4.69, 9.17) is 20.9 Å². The quantitative estimate of drug-likeness (QED) is 0.594. The van der Waals surface area contributed by atoms with Crippen molar-refractivity contribution < 1.29 is 14.1 Å². The van der Waals surface area contributed by atoms with Crippen LogP contribution in [0.5, 0.6) is 5.75 Å². The van der Waals surface area contributed by atoms with Gasteiger partial charge in [-0.2, -0.15) is 0 Å². The molecule has 4 rings (SSSR count). The fourth-order valence-electron chi connectivity index (χ4n) is 3.21. The molecule has 3 heterocycles. The lowest BCUT2D eigenvalue weighted by atomic mass is 10.1. The molecule has 1 N–H and O–H groups in total. The highest BCUT2D eigenvalue weighted by Crippen LogP contribution is 2.32. The Balaban J connectivity index is 1.51. The summed E-state index contributed by atoms with van der Waals surface area (Å²) in [5.74, 6) is 2.02. The Morgan fingerprint density at radius 1 is 1.33 bits per heavy atom. The Morgan fingerprint density at radius 2 is 2.20 bits per heavy atom. The van der Waals surface area contributed by atoms with E-state index >= 15 is 0 Å². The van der Waals surface area contributed by atoms with Crippen molar-refractivity contribution >= 4 is 34.7 Å². The molecule has 7 nitrogen and oxygen atoms in total. The van der Waals surface area contributed by atoms with Gasteiger partial charge < -0.3 is 19.5 Å². The normalized spacial score (nSPS) is 13.4. The molecule has 2 aromatic heterocycles. The van der Waals surface area contributed by atoms with Crippen molar-refractivity contribution in [3.05, 3.63) is 56.9 Å². The molecule has 0 saturated heterocycles. The summed E-state index contributed by atoms with van der Waals surface area (Å²) in [6, 6.07) is 11.1. The molecule has 0 bridgehead atoms. The number of aromatic nitrogens is 1. The number of ether oxygens (including phenoxy) is 1. The molecule has 0 spiro atoms. The van der Waals surface area contributed by atoms with Crippen LogP contribution in [-0.4, -0.2) is 48.5 Å². The Hall–Kier alpha value is -2.84. The number of rotatable bonds is 7. The minimum Gasteiger partial charge on any atom is -0.493 e. The Morgan fingerprint density at radius 3 is 2.90 bits per heavy atom. The number of nitrogens with one attached hydrogen (secondary N) is 1. The van der Waals surface area contributed by atoms with Gasteiger partial charge in [-0.05, 0) is 31.2 Å². The fraction of sp³-hybridized carbons (Fsp3) is 0.286. The monoisotopic (exact) mass is 444 g/mol. The molecule has 3 aromatic rings. The van der Waals surface area contributed by atoms with Crippen LogP contribution in [0, 0.1) is 0 Å². The van der Waals surface area contributed by atoms with Crippen LogP contribution in [0.3, 0.4) is 0 Å². The van der Waals surface area contributed by atoms with Crippen LogP contribution in [0.25, 0.3) is 11.3 Å². The van der Waals surface area contributed by atoms with Crippen molar-refractivity contribution in [1.82, 2.24) is 15.4 Å². The van der Waals surface area contributed by atoms with Gasteiger partial charge >= 0.3 is 0 Å². The summed E-state index contributed by atoms with van der Waals surface area (Å²) >= 11 is 7.11. The molecule has 30 heavy (non-hydrogen) atoms. The summed E-state index contributed by atoms with van der Waals surface area (Å²) in [7, 11) is 2.03. The Labute approximate surface area is 183 Å². The molecule has 156 valence electrons. The third kappa shape index (κ3) is 4.34. The second kappa shape index (κ2) is 8.89. The lowest BCUT2D eigenvalue weighted by molar-refractivity contribution is 0.0951. The summed E-state index contributed by atoms with van der Waals surface area (Å²) in [6.45, 7) is 4.41. The first-order chi connectivity index (χ1) is 14.5. The van der Waals surface area contributed by atoms with Crippen molar-refractivity contribution in [2.75, 3.05) is 26.7 Å². The summed E-state index contributed by atoms with van der Waals surface area (Å²) < 4.78 is 11.8. The summed E-state index contributed by atoms with van der Waals surface area (Å²) in [4.78, 5) is 19.4. The molecule has 1 aromatic carbocycles. The van der Waals surface area contributed by atoms with Crippen LogP contribution in [0.4, 0.5) is 0 Å². The first-order valence-electron chi connectivity index (χ1n) is 9.57. The number of carbonyl (C=O) groups is 1. The number of thiophene rings is 1. The van der Waals surface area contributed by atoms with Gasteiger partial charge in [0, 0.05) is 30.8 Å². The number of aliphatic imine (C=N–C) groups is 1. The molecular weight excluding hydrogens is 424 g/mol. The van der Waals surface area contributed by atoms with Gasteiger partial charge in [0.05, 0.1) is 28.9 Å². The molecule has 0 fully saturated rings. The zero-order valence-electron chi connectivity index (χ0n) is 16.6. The van der Waals surface area contributed by atoms with E-state index in [0.717, 1.165) is 35.8 Å². The fourth-order valence-corrected chi connectivity index (χ4v) is 4.17. The highest BCUT2D eigenvalue weighted by Gasteiger charge is 2.19. The maximum Gasteiger partial charge on any atom is 0.261 e. The van der Waals surface area contributed by atoms with Gasteiger partial charge in [0.2, 0.25) is 0 Å². The highest BCUT2D eigenvalue weighted by atomic mass is 35.5. The number of hydrogen-bond acceptors (Lipinski definition) is 7. The zero-order valence-corrected chi connectivity index (χ0v) is 18.2. The molecule has 1 amide bonds. The second-order valence-corrected chi connectivity index (χ2v) is 8.45. The van der Waals surface area contributed by atoms with E-state index in [-0.39, 0.29) is 12.5 Å². The molecule has 1 aliphatic heterocycles. The zero-order chi connectivity index (χ0) is 21.1. The third-order valence-corrected chi connectivity index (χ3v) is 5.88. The molecule has 0 saturated carbocycles. The Bertz CT molecular complexity index is 1090. The van der Waals surface area contributed by atoms with E-state index in [1.54, 1.807) is 18.2 Å². The molecule has 0 radical (unpaired) electrons. The van der Waals surface area contributed by atoms with E-state index in [2.05, 4.69) is 20.4 Å². The number of halogens is 1. The van der Waals surface area contributed by atoms with Crippen LogP contribution in [0.15, 0.2) is 45.9 Å². The minimum atomic E-state index is -0.203. The van der Waals surface area contributed by atoms with Gasteiger partial charge in [-0.25, -0.2) is 0 Å². The average molecular weight is 445 g/mol. The third-order valence-electron chi connectivity index (χ3n) is 4.65. The standard InChI is InChI=1S/C21H21ClN4O3S/c1-3-28-17-10-13(20-23-8-9-26(20)2)4-5-15(17)16-11-14(29-25-16)12-24-21(27)18-6-7-19(22)30-18/h4-7,10-11H,3,8-9,12H2,1-2H3,(H,24,27). The van der Waals surface area contributed by atoms with E-state index in [0.29, 0.717) is 27.3 Å². The predicted molar refractivity (Wildman–Crippen MR) is 118 cm³/mol. The number of amidine groups is 1. The van der Waals surface area contributed by atoms with Gasteiger partial charge in [-0.15, -0.1) is 11.3 Å². The molecule has 9 heteroatoms. The van der Waals surface area contributed by atoms with E-state index in [1.165, 1.54) is 11.3 Å². The van der Waals surface area contributed by atoms with Crippen molar-refractivity contribution in [3.63, 3.8) is 0 Å². The maximum absolute atomic E-state index is 12.2. The van der Waals surface area contributed by atoms with E-state index in [1.807, 2.05) is 32.2 Å². The number of likely N-dealkylation sites (N-methyl/N-ethyl adjacent to an activating group) is 1. The average Bonchev–Trinajstić information content (AvgIpc) is 3.47. The van der Waals surface area contributed by atoms with E-state index < -0.39 is 0 Å². The van der Waals surface area contributed by atoms with Crippen molar-refractivity contribution in [1.29, 1.82) is 0 Å². The van der Waals surface area contributed by atoms with Crippen molar-refractivity contribution in [2.24, 2.45) is 4.99 Å². The van der Waals surface area contributed by atoms with Gasteiger partial charge in [0.1, 0.15) is 17.3 Å². The van der Waals surface area contributed by atoms with Gasteiger partial charge in [-0.1, -0.05) is 22.8 Å².